The van der Waals surface area contributed by atoms with Gasteiger partial charge in [-0.1, -0.05) is 30.0 Å². The monoisotopic (exact) mass is 554 g/mol. The number of ether oxygens (including phenoxy) is 3. The van der Waals surface area contributed by atoms with Crippen LogP contribution in [0.5, 0.6) is 11.5 Å². The molecular formula is C27H26N2O7S2. The van der Waals surface area contributed by atoms with Gasteiger partial charge in [0.2, 0.25) is 0 Å². The van der Waals surface area contributed by atoms with Crippen molar-refractivity contribution in [2.24, 2.45) is 0 Å². The van der Waals surface area contributed by atoms with Gasteiger partial charge in [-0.2, -0.15) is 0 Å². The molecule has 0 atom stereocenters. The topological polar surface area (TPSA) is 120 Å². The van der Waals surface area contributed by atoms with E-state index in [0.717, 1.165) is 11.3 Å². The second-order valence-corrected chi connectivity index (χ2v) is 11.2. The van der Waals surface area contributed by atoms with Crippen LogP contribution in [0.3, 0.4) is 0 Å². The summed E-state index contributed by atoms with van der Waals surface area (Å²) in [6, 6.07) is 16.9. The van der Waals surface area contributed by atoms with Crippen LogP contribution in [0.1, 0.15) is 11.1 Å². The van der Waals surface area contributed by atoms with Crippen LogP contribution in [-0.2, 0) is 29.9 Å². The zero-order chi connectivity index (χ0) is 27.3. The Morgan fingerprint density at radius 3 is 2.32 bits per heavy atom. The molecule has 2 N–H and O–H groups in total. The predicted molar refractivity (Wildman–Crippen MR) is 146 cm³/mol. The molecule has 4 rings (SSSR count). The summed E-state index contributed by atoms with van der Waals surface area (Å²) in [5.41, 5.74) is 2.46. The molecule has 1 heterocycles. The third-order valence-electron chi connectivity index (χ3n) is 5.74. The molecule has 0 bridgehead atoms. The number of hydrogen-bond donors (Lipinski definition) is 2. The number of anilines is 2. The minimum absolute atomic E-state index is 0.0427. The number of carbonyl (C=O) groups excluding carboxylic acids is 2. The second-order valence-electron chi connectivity index (χ2n) is 8.17. The maximum Gasteiger partial charge on any atom is 0.325 e. The highest BCUT2D eigenvalue weighted by Crippen LogP contribution is 2.41. The summed E-state index contributed by atoms with van der Waals surface area (Å²) in [5.74, 6) is -0.137. The van der Waals surface area contributed by atoms with Crippen molar-refractivity contribution in [3.05, 3.63) is 76.7 Å². The molecule has 0 aromatic heterocycles. The average Bonchev–Trinajstić information content (AvgIpc) is 2.92. The van der Waals surface area contributed by atoms with Crippen LogP contribution in [0.15, 0.2) is 75.4 Å². The molecule has 3 aromatic rings. The lowest BCUT2D eigenvalue weighted by atomic mass is 10.2. The first-order valence-electron chi connectivity index (χ1n) is 11.4. The summed E-state index contributed by atoms with van der Waals surface area (Å²) in [4.78, 5) is 25.1. The van der Waals surface area contributed by atoms with Crippen LogP contribution < -0.4 is 20.1 Å². The number of sulfone groups is 1. The second kappa shape index (κ2) is 11.6. The zero-order valence-electron chi connectivity index (χ0n) is 20.9. The van der Waals surface area contributed by atoms with Crippen LogP contribution in [0, 0.1) is 0 Å². The minimum Gasteiger partial charge on any atom is -0.496 e. The van der Waals surface area contributed by atoms with E-state index < -0.39 is 9.84 Å². The highest BCUT2D eigenvalue weighted by Gasteiger charge is 2.26. The Bertz CT molecular complexity index is 1480. The summed E-state index contributed by atoms with van der Waals surface area (Å²) < 4.78 is 42.0. The lowest BCUT2D eigenvalue weighted by Crippen LogP contribution is -2.18. The quantitative estimate of drug-likeness (QED) is 0.294. The summed E-state index contributed by atoms with van der Waals surface area (Å²) in [5, 5.41) is 5.77. The molecule has 38 heavy (non-hydrogen) atoms. The lowest BCUT2D eigenvalue weighted by Gasteiger charge is -2.20. The predicted octanol–water partition coefficient (Wildman–Crippen LogP) is 4.35. The highest BCUT2D eigenvalue weighted by atomic mass is 32.2. The highest BCUT2D eigenvalue weighted by molar-refractivity contribution is 8.04. The molecule has 0 radical (unpaired) electrons. The SMILES string of the molecule is COC(=O)CNc1ccc(C=C2Sc3cc(S(=O)(=O)Cc4c(OC)cccc4OC)ccc3NC2=O)cc1. The number of carbonyl (C=O) groups is 2. The molecule has 9 nitrogen and oxygen atoms in total. The van der Waals surface area contributed by atoms with E-state index in [2.05, 4.69) is 15.4 Å². The molecule has 0 fully saturated rings. The fourth-order valence-electron chi connectivity index (χ4n) is 3.77. The number of rotatable bonds is 9. The molecule has 3 aromatic carbocycles. The van der Waals surface area contributed by atoms with Gasteiger partial charge in [0, 0.05) is 10.6 Å². The molecular weight excluding hydrogens is 528 g/mol. The Morgan fingerprint density at radius 1 is 1.00 bits per heavy atom. The van der Waals surface area contributed by atoms with Crippen molar-refractivity contribution in [2.75, 3.05) is 38.5 Å². The van der Waals surface area contributed by atoms with Gasteiger partial charge < -0.3 is 24.8 Å². The van der Waals surface area contributed by atoms with Crippen molar-refractivity contribution in [3.63, 3.8) is 0 Å². The van der Waals surface area contributed by atoms with Gasteiger partial charge in [0.05, 0.1) is 48.1 Å². The lowest BCUT2D eigenvalue weighted by molar-refractivity contribution is -0.138. The Morgan fingerprint density at radius 2 is 1.68 bits per heavy atom. The van der Waals surface area contributed by atoms with E-state index in [4.69, 9.17) is 9.47 Å². The Labute approximate surface area is 225 Å². The maximum absolute atomic E-state index is 13.3. The fourth-order valence-corrected chi connectivity index (χ4v) is 6.24. The van der Waals surface area contributed by atoms with Gasteiger partial charge in [-0.15, -0.1) is 0 Å². The molecule has 0 unspecified atom stereocenters. The number of hydrogen-bond acceptors (Lipinski definition) is 9. The average molecular weight is 555 g/mol. The normalized spacial score (nSPS) is 13.9. The minimum atomic E-state index is -3.77. The summed E-state index contributed by atoms with van der Waals surface area (Å²) in [6.07, 6.45) is 1.72. The Balaban J connectivity index is 1.56. The van der Waals surface area contributed by atoms with Crippen molar-refractivity contribution in [2.45, 2.75) is 15.5 Å². The van der Waals surface area contributed by atoms with Crippen LogP contribution in [0.4, 0.5) is 11.4 Å². The first-order chi connectivity index (χ1) is 18.2. The van der Waals surface area contributed by atoms with Gasteiger partial charge in [0.25, 0.3) is 5.91 Å². The third-order valence-corrected chi connectivity index (χ3v) is 8.46. The number of amides is 1. The van der Waals surface area contributed by atoms with Crippen molar-refractivity contribution >= 4 is 50.9 Å². The van der Waals surface area contributed by atoms with Crippen molar-refractivity contribution in [3.8, 4) is 11.5 Å². The number of methoxy groups -OCH3 is 3. The number of esters is 1. The molecule has 0 aliphatic carbocycles. The molecule has 11 heteroatoms. The van der Waals surface area contributed by atoms with E-state index >= 15 is 0 Å². The molecule has 0 spiro atoms. The van der Waals surface area contributed by atoms with E-state index in [1.54, 1.807) is 60.7 Å². The molecule has 0 saturated carbocycles. The van der Waals surface area contributed by atoms with Gasteiger partial charge in [0.15, 0.2) is 9.84 Å². The van der Waals surface area contributed by atoms with Crippen LogP contribution >= 0.6 is 11.8 Å². The van der Waals surface area contributed by atoms with Crippen LogP contribution in [0.2, 0.25) is 0 Å². The first kappa shape index (κ1) is 27.1. The first-order valence-corrected chi connectivity index (χ1v) is 13.9. The molecule has 1 aliphatic rings. The summed E-state index contributed by atoms with van der Waals surface area (Å²) in [6.45, 7) is 0.0427. The van der Waals surface area contributed by atoms with Crippen molar-refractivity contribution in [1.29, 1.82) is 0 Å². The van der Waals surface area contributed by atoms with Gasteiger partial charge in [-0.05, 0) is 54.1 Å². The van der Waals surface area contributed by atoms with E-state index in [1.807, 2.05) is 0 Å². The Hall–Kier alpha value is -3.96. The molecule has 198 valence electrons. The number of nitrogens with one attached hydrogen (secondary N) is 2. The Kier molecular flexibility index (Phi) is 8.28. The van der Waals surface area contributed by atoms with Gasteiger partial charge >= 0.3 is 5.97 Å². The summed E-state index contributed by atoms with van der Waals surface area (Å²) >= 11 is 1.19. The molecule has 1 amide bonds. The molecule has 0 saturated heterocycles. The van der Waals surface area contributed by atoms with Gasteiger partial charge in [0.1, 0.15) is 18.0 Å². The summed E-state index contributed by atoms with van der Waals surface area (Å²) in [7, 11) is 0.505. The van der Waals surface area contributed by atoms with Crippen LogP contribution in [0.25, 0.3) is 6.08 Å². The van der Waals surface area contributed by atoms with E-state index in [0.29, 0.717) is 32.6 Å². The maximum atomic E-state index is 13.3. The van der Waals surface area contributed by atoms with Gasteiger partial charge in [-0.25, -0.2) is 8.42 Å². The standard InChI is InChI=1S/C27H26N2O7S2/c1-34-22-5-4-6-23(35-2)20(22)16-38(32,33)19-11-12-21-24(14-19)37-25(27(31)29-21)13-17-7-9-18(10-8-17)28-15-26(30)36-3/h4-14,28H,15-16H2,1-3H3,(H,29,31). The van der Waals surface area contributed by atoms with E-state index in [-0.39, 0.29) is 29.1 Å². The zero-order valence-corrected chi connectivity index (χ0v) is 22.6. The third kappa shape index (κ3) is 6.12. The number of fused-ring (bicyclic) bond motifs is 1. The van der Waals surface area contributed by atoms with Gasteiger partial charge in [-0.3, -0.25) is 9.59 Å². The van der Waals surface area contributed by atoms with Crippen molar-refractivity contribution in [1.82, 2.24) is 0 Å². The fraction of sp³-hybridized carbons (Fsp3) is 0.185. The number of thioether (sulfide) groups is 1. The van der Waals surface area contributed by atoms with Crippen LogP contribution in [-0.4, -0.2) is 48.2 Å². The van der Waals surface area contributed by atoms with Crippen molar-refractivity contribution < 1.29 is 32.2 Å². The number of benzene rings is 3. The smallest absolute Gasteiger partial charge is 0.325 e. The van der Waals surface area contributed by atoms with E-state index in [1.165, 1.54) is 39.2 Å². The molecule has 1 aliphatic heterocycles. The largest absolute Gasteiger partial charge is 0.496 e. The van der Waals surface area contributed by atoms with E-state index in [9.17, 15) is 18.0 Å².